The number of pyridine rings is 1. The Morgan fingerprint density at radius 2 is 2.05 bits per heavy atom. The highest BCUT2D eigenvalue weighted by Crippen LogP contribution is 2.26. The van der Waals surface area contributed by atoms with Gasteiger partial charge in [0, 0.05) is 17.8 Å². The number of nitrogens with zero attached hydrogens (tertiary/aromatic N) is 3. The number of nitrogens with two attached hydrogens (primary N) is 1. The van der Waals surface area contributed by atoms with Crippen LogP contribution in [0.1, 0.15) is 39.7 Å². The van der Waals surface area contributed by atoms with Gasteiger partial charge in [-0.3, -0.25) is 0 Å². The van der Waals surface area contributed by atoms with Crippen LogP contribution in [-0.4, -0.2) is 14.5 Å². The van der Waals surface area contributed by atoms with Crippen LogP contribution in [0, 0.1) is 5.92 Å². The SMILES string of the molecule is CCC(C)CC(C)n1cncc1-c1ccc(N)nc1. The Bertz CT molecular complexity index is 515. The first-order chi connectivity index (χ1) is 9.11. The van der Waals surface area contributed by atoms with Gasteiger partial charge in [-0.1, -0.05) is 20.3 Å². The summed E-state index contributed by atoms with van der Waals surface area (Å²) < 4.78 is 2.22. The molecule has 0 saturated heterocycles. The first kappa shape index (κ1) is 13.6. The van der Waals surface area contributed by atoms with Crippen molar-refractivity contribution in [2.45, 2.75) is 39.7 Å². The third-order valence-electron chi connectivity index (χ3n) is 3.66. The molecule has 2 heterocycles. The third kappa shape index (κ3) is 3.13. The molecule has 2 atom stereocenters. The van der Waals surface area contributed by atoms with Crippen molar-refractivity contribution in [2.24, 2.45) is 5.92 Å². The lowest BCUT2D eigenvalue weighted by Crippen LogP contribution is -2.09. The Morgan fingerprint density at radius 3 is 2.68 bits per heavy atom. The smallest absolute Gasteiger partial charge is 0.123 e. The molecule has 4 nitrogen and oxygen atoms in total. The van der Waals surface area contributed by atoms with Gasteiger partial charge in [0.1, 0.15) is 5.82 Å². The van der Waals surface area contributed by atoms with E-state index in [1.54, 1.807) is 6.20 Å². The summed E-state index contributed by atoms with van der Waals surface area (Å²) in [5, 5.41) is 0. The van der Waals surface area contributed by atoms with Crippen molar-refractivity contribution in [3.63, 3.8) is 0 Å². The molecule has 0 aliphatic heterocycles. The summed E-state index contributed by atoms with van der Waals surface area (Å²) >= 11 is 0. The Balaban J connectivity index is 2.24. The van der Waals surface area contributed by atoms with E-state index in [2.05, 4.69) is 35.3 Å². The van der Waals surface area contributed by atoms with E-state index in [0.717, 1.165) is 23.6 Å². The predicted molar refractivity (Wildman–Crippen MR) is 78.7 cm³/mol. The van der Waals surface area contributed by atoms with Crippen molar-refractivity contribution in [3.8, 4) is 11.3 Å². The minimum absolute atomic E-state index is 0.435. The minimum Gasteiger partial charge on any atom is -0.384 e. The standard InChI is InChI=1S/C15H22N4/c1-4-11(2)7-12(3)19-10-17-9-14(19)13-5-6-15(16)18-8-13/h5-6,8-12H,4,7H2,1-3H3,(H2,16,18). The maximum Gasteiger partial charge on any atom is 0.123 e. The van der Waals surface area contributed by atoms with E-state index in [-0.39, 0.29) is 0 Å². The summed E-state index contributed by atoms with van der Waals surface area (Å²) in [5.41, 5.74) is 7.79. The van der Waals surface area contributed by atoms with Crippen molar-refractivity contribution in [2.75, 3.05) is 5.73 Å². The second kappa shape index (κ2) is 5.87. The molecule has 2 rings (SSSR count). The summed E-state index contributed by atoms with van der Waals surface area (Å²) in [6, 6.07) is 4.25. The van der Waals surface area contributed by atoms with Gasteiger partial charge in [-0.25, -0.2) is 9.97 Å². The van der Waals surface area contributed by atoms with Gasteiger partial charge in [-0.05, 0) is 31.4 Å². The second-order valence-electron chi connectivity index (χ2n) is 5.26. The van der Waals surface area contributed by atoms with Crippen molar-refractivity contribution < 1.29 is 0 Å². The van der Waals surface area contributed by atoms with E-state index >= 15 is 0 Å². The summed E-state index contributed by atoms with van der Waals surface area (Å²) in [5.74, 6) is 1.26. The van der Waals surface area contributed by atoms with Crippen LogP contribution in [0.25, 0.3) is 11.3 Å². The second-order valence-corrected chi connectivity index (χ2v) is 5.26. The summed E-state index contributed by atoms with van der Waals surface area (Å²) in [6.45, 7) is 6.76. The van der Waals surface area contributed by atoms with Crippen LogP contribution in [-0.2, 0) is 0 Å². The highest BCUT2D eigenvalue weighted by Gasteiger charge is 2.13. The number of hydrogen-bond donors (Lipinski definition) is 1. The average Bonchev–Trinajstić information content (AvgIpc) is 2.88. The molecule has 2 aromatic heterocycles. The number of aromatic nitrogens is 3. The molecule has 102 valence electrons. The quantitative estimate of drug-likeness (QED) is 0.892. The lowest BCUT2D eigenvalue weighted by Gasteiger charge is -2.19. The van der Waals surface area contributed by atoms with Gasteiger partial charge in [0.2, 0.25) is 0 Å². The van der Waals surface area contributed by atoms with Crippen molar-refractivity contribution in [1.82, 2.24) is 14.5 Å². The average molecular weight is 258 g/mol. The molecule has 0 saturated carbocycles. The lowest BCUT2D eigenvalue weighted by atomic mass is 10.00. The maximum atomic E-state index is 5.63. The van der Waals surface area contributed by atoms with Gasteiger partial charge < -0.3 is 10.3 Å². The normalized spacial score (nSPS) is 14.3. The minimum atomic E-state index is 0.435. The van der Waals surface area contributed by atoms with E-state index in [4.69, 9.17) is 5.73 Å². The summed E-state index contributed by atoms with van der Waals surface area (Å²) in [7, 11) is 0. The number of anilines is 1. The fourth-order valence-electron chi connectivity index (χ4n) is 2.30. The van der Waals surface area contributed by atoms with E-state index in [1.165, 1.54) is 6.42 Å². The van der Waals surface area contributed by atoms with Crippen LogP contribution < -0.4 is 5.73 Å². The van der Waals surface area contributed by atoms with Gasteiger partial charge in [0.25, 0.3) is 0 Å². The van der Waals surface area contributed by atoms with Crippen LogP contribution >= 0.6 is 0 Å². The molecule has 0 aliphatic carbocycles. The zero-order valence-electron chi connectivity index (χ0n) is 11.9. The molecule has 2 unspecified atom stereocenters. The third-order valence-corrected chi connectivity index (χ3v) is 3.66. The highest BCUT2D eigenvalue weighted by molar-refractivity contribution is 5.59. The van der Waals surface area contributed by atoms with E-state index in [9.17, 15) is 0 Å². The Hall–Kier alpha value is -1.84. The fourth-order valence-corrected chi connectivity index (χ4v) is 2.30. The molecule has 19 heavy (non-hydrogen) atoms. The fraction of sp³-hybridized carbons (Fsp3) is 0.467. The molecule has 0 bridgehead atoms. The monoisotopic (exact) mass is 258 g/mol. The zero-order chi connectivity index (χ0) is 13.8. The van der Waals surface area contributed by atoms with E-state index < -0.39 is 0 Å². The zero-order valence-corrected chi connectivity index (χ0v) is 11.9. The molecule has 0 aliphatic rings. The molecule has 0 amide bonds. The number of hydrogen-bond acceptors (Lipinski definition) is 3. The van der Waals surface area contributed by atoms with Crippen LogP contribution in [0.3, 0.4) is 0 Å². The van der Waals surface area contributed by atoms with Crippen molar-refractivity contribution in [1.29, 1.82) is 0 Å². The van der Waals surface area contributed by atoms with Gasteiger partial charge in [-0.15, -0.1) is 0 Å². The summed E-state index contributed by atoms with van der Waals surface area (Å²) in [4.78, 5) is 8.43. The molecular weight excluding hydrogens is 236 g/mol. The molecule has 4 heteroatoms. The maximum absolute atomic E-state index is 5.63. The molecule has 0 fully saturated rings. The van der Waals surface area contributed by atoms with Crippen LogP contribution in [0.15, 0.2) is 30.9 Å². The van der Waals surface area contributed by atoms with E-state index in [0.29, 0.717) is 11.9 Å². The molecule has 2 aromatic rings. The number of rotatable bonds is 5. The largest absolute Gasteiger partial charge is 0.384 e. The predicted octanol–water partition coefficient (Wildman–Crippen LogP) is 3.52. The first-order valence-electron chi connectivity index (χ1n) is 6.85. The van der Waals surface area contributed by atoms with Crippen LogP contribution in [0.5, 0.6) is 0 Å². The van der Waals surface area contributed by atoms with Crippen LogP contribution in [0.2, 0.25) is 0 Å². The Labute approximate surface area is 114 Å². The lowest BCUT2D eigenvalue weighted by molar-refractivity contribution is 0.400. The van der Waals surface area contributed by atoms with Crippen LogP contribution in [0.4, 0.5) is 5.82 Å². The van der Waals surface area contributed by atoms with Gasteiger partial charge in [0.15, 0.2) is 0 Å². The first-order valence-corrected chi connectivity index (χ1v) is 6.85. The molecule has 2 N–H and O–H groups in total. The highest BCUT2D eigenvalue weighted by atomic mass is 15.1. The van der Waals surface area contributed by atoms with Gasteiger partial charge >= 0.3 is 0 Å². The van der Waals surface area contributed by atoms with Gasteiger partial charge in [-0.2, -0.15) is 0 Å². The van der Waals surface area contributed by atoms with E-state index in [1.807, 2.05) is 24.7 Å². The number of nitrogen functional groups attached to an aromatic ring is 1. The molecule has 0 radical (unpaired) electrons. The topological polar surface area (TPSA) is 56.7 Å². The van der Waals surface area contributed by atoms with Crippen molar-refractivity contribution >= 4 is 5.82 Å². The number of imidazole rings is 1. The summed E-state index contributed by atoms with van der Waals surface area (Å²) in [6.07, 6.45) is 7.96. The molecular formula is C15H22N4. The Morgan fingerprint density at radius 1 is 1.26 bits per heavy atom. The molecule has 0 spiro atoms. The van der Waals surface area contributed by atoms with Gasteiger partial charge in [0.05, 0.1) is 18.2 Å². The van der Waals surface area contributed by atoms with Crippen molar-refractivity contribution in [3.05, 3.63) is 30.9 Å². The Kier molecular flexibility index (Phi) is 4.20. The molecule has 0 aromatic carbocycles.